The highest BCUT2D eigenvalue weighted by Crippen LogP contribution is 2.14. The number of esters is 2. The van der Waals surface area contributed by atoms with Crippen molar-refractivity contribution >= 4 is 11.9 Å². The maximum absolute atomic E-state index is 12.2. The van der Waals surface area contributed by atoms with Gasteiger partial charge < -0.3 is 14.6 Å². The van der Waals surface area contributed by atoms with Gasteiger partial charge in [-0.05, 0) is 57.8 Å². The molecule has 5 nitrogen and oxygen atoms in total. The summed E-state index contributed by atoms with van der Waals surface area (Å²) >= 11 is 0. The second kappa shape index (κ2) is 39.3. The zero-order valence-electron chi connectivity index (χ0n) is 31.5. The van der Waals surface area contributed by atoms with Crippen LogP contribution in [0.25, 0.3) is 0 Å². The van der Waals surface area contributed by atoms with Crippen LogP contribution in [0.2, 0.25) is 0 Å². The van der Waals surface area contributed by atoms with Gasteiger partial charge in [-0.25, -0.2) is 0 Å². The average Bonchev–Trinajstić information content (AvgIpc) is 3.09. The average molecular weight is 673 g/mol. The molecular formula is C43H76O5. The lowest BCUT2D eigenvalue weighted by Gasteiger charge is -2.15. The Bertz CT molecular complexity index is 812. The zero-order chi connectivity index (χ0) is 35.0. The largest absolute Gasteiger partial charge is 0.462 e. The molecule has 0 aromatic carbocycles. The molecule has 1 atom stereocenters. The van der Waals surface area contributed by atoms with Crippen LogP contribution in [0.3, 0.4) is 0 Å². The van der Waals surface area contributed by atoms with Crippen molar-refractivity contribution in [1.29, 1.82) is 0 Å². The third-order valence-corrected chi connectivity index (χ3v) is 8.67. The van der Waals surface area contributed by atoms with Crippen molar-refractivity contribution in [3.63, 3.8) is 0 Å². The minimum atomic E-state index is -0.782. The van der Waals surface area contributed by atoms with Gasteiger partial charge in [0, 0.05) is 12.8 Å². The summed E-state index contributed by atoms with van der Waals surface area (Å²) in [5, 5.41) is 9.55. The maximum atomic E-state index is 12.2. The quantitative estimate of drug-likeness (QED) is 0.0310. The number of rotatable bonds is 36. The highest BCUT2D eigenvalue weighted by molar-refractivity contribution is 5.70. The Labute approximate surface area is 297 Å². The molecule has 0 rings (SSSR count). The van der Waals surface area contributed by atoms with E-state index >= 15 is 0 Å². The van der Waals surface area contributed by atoms with Crippen molar-refractivity contribution in [2.24, 2.45) is 0 Å². The third-order valence-electron chi connectivity index (χ3n) is 8.67. The van der Waals surface area contributed by atoms with Crippen molar-refractivity contribution in [3.05, 3.63) is 48.6 Å². The van der Waals surface area contributed by atoms with Gasteiger partial charge in [0.05, 0.1) is 6.61 Å². The Morgan fingerprint density at radius 2 is 0.917 bits per heavy atom. The molecule has 0 aliphatic rings. The van der Waals surface area contributed by atoms with Crippen LogP contribution >= 0.6 is 0 Å². The number of hydrogen-bond acceptors (Lipinski definition) is 5. The normalized spacial score (nSPS) is 12.6. The van der Waals surface area contributed by atoms with E-state index in [9.17, 15) is 14.7 Å². The first kappa shape index (κ1) is 45.9. The minimum Gasteiger partial charge on any atom is -0.462 e. The fourth-order valence-electron chi connectivity index (χ4n) is 5.61. The summed E-state index contributed by atoms with van der Waals surface area (Å²) in [7, 11) is 0. The van der Waals surface area contributed by atoms with Crippen molar-refractivity contribution in [2.75, 3.05) is 13.2 Å². The Hall–Kier alpha value is -2.14. The van der Waals surface area contributed by atoms with Gasteiger partial charge in [0.1, 0.15) is 6.61 Å². The van der Waals surface area contributed by atoms with Crippen LogP contribution in [0.5, 0.6) is 0 Å². The molecule has 0 aromatic rings. The molecule has 0 heterocycles. The molecule has 0 amide bonds. The molecule has 0 saturated carbocycles. The second-order valence-corrected chi connectivity index (χ2v) is 13.4. The lowest BCUT2D eigenvalue weighted by Crippen LogP contribution is -2.28. The van der Waals surface area contributed by atoms with Gasteiger partial charge in [0.2, 0.25) is 0 Å². The van der Waals surface area contributed by atoms with Crippen molar-refractivity contribution in [1.82, 2.24) is 0 Å². The molecule has 0 spiro atoms. The van der Waals surface area contributed by atoms with Crippen LogP contribution in [-0.4, -0.2) is 36.4 Å². The number of carbonyl (C=O) groups is 2. The monoisotopic (exact) mass is 673 g/mol. The predicted molar refractivity (Wildman–Crippen MR) is 205 cm³/mol. The van der Waals surface area contributed by atoms with Crippen LogP contribution in [0, 0.1) is 0 Å². The Morgan fingerprint density at radius 1 is 0.500 bits per heavy atom. The molecule has 48 heavy (non-hydrogen) atoms. The molecule has 278 valence electrons. The topological polar surface area (TPSA) is 72.8 Å². The van der Waals surface area contributed by atoms with Crippen molar-refractivity contribution in [3.8, 4) is 0 Å². The summed E-state index contributed by atoms with van der Waals surface area (Å²) in [6.07, 6.45) is 48.9. The summed E-state index contributed by atoms with van der Waals surface area (Å²) in [5.41, 5.74) is 0. The maximum Gasteiger partial charge on any atom is 0.306 e. The number of aliphatic hydroxyl groups is 1. The first-order valence-electron chi connectivity index (χ1n) is 20.2. The highest BCUT2D eigenvalue weighted by atomic mass is 16.6. The lowest BCUT2D eigenvalue weighted by atomic mass is 10.1. The minimum absolute atomic E-state index is 0.0788. The third kappa shape index (κ3) is 36.7. The zero-order valence-corrected chi connectivity index (χ0v) is 31.5. The van der Waals surface area contributed by atoms with E-state index in [4.69, 9.17) is 9.47 Å². The molecule has 1 N–H and O–H groups in total. The van der Waals surface area contributed by atoms with E-state index in [1.807, 2.05) is 0 Å². The molecule has 0 bridgehead atoms. The summed E-state index contributed by atoms with van der Waals surface area (Å²) < 4.78 is 10.6. The molecule has 0 aliphatic heterocycles. The smallest absolute Gasteiger partial charge is 0.306 e. The number of unbranched alkanes of at least 4 members (excludes halogenated alkanes) is 22. The van der Waals surface area contributed by atoms with E-state index in [1.165, 1.54) is 103 Å². The molecule has 5 heteroatoms. The molecule has 0 aliphatic carbocycles. The van der Waals surface area contributed by atoms with Gasteiger partial charge in [-0.1, -0.05) is 172 Å². The first-order chi connectivity index (χ1) is 23.6. The van der Waals surface area contributed by atoms with Gasteiger partial charge >= 0.3 is 11.9 Å². The number of hydrogen-bond donors (Lipinski definition) is 1. The number of carbonyl (C=O) groups excluding carboxylic acids is 2. The summed E-state index contributed by atoms with van der Waals surface area (Å²) in [5.74, 6) is -0.620. The van der Waals surface area contributed by atoms with Crippen LogP contribution in [0.15, 0.2) is 48.6 Å². The molecule has 0 aromatic heterocycles. The van der Waals surface area contributed by atoms with E-state index in [1.54, 1.807) is 0 Å². The SMILES string of the molecule is CC/C=C/C=C/C=C/CCCCCCCC(=O)OCC(CO)OC(=O)CCCCCCCCC/C=C/CCCCCCCCCCCC. The first-order valence-corrected chi connectivity index (χ1v) is 20.2. The van der Waals surface area contributed by atoms with Crippen LogP contribution in [0.1, 0.15) is 194 Å². The highest BCUT2D eigenvalue weighted by Gasteiger charge is 2.16. The van der Waals surface area contributed by atoms with Gasteiger partial charge in [0.25, 0.3) is 0 Å². The fraction of sp³-hybridized carbons (Fsp3) is 0.767. The summed E-state index contributed by atoms with van der Waals surface area (Å²) in [6.45, 7) is 3.98. The summed E-state index contributed by atoms with van der Waals surface area (Å²) in [4.78, 5) is 24.2. The molecule has 0 saturated heterocycles. The number of allylic oxidation sites excluding steroid dienone is 8. The Kier molecular flexibility index (Phi) is 37.5. The Balaban J connectivity index is 3.55. The number of ether oxygens (including phenoxy) is 2. The molecule has 0 radical (unpaired) electrons. The van der Waals surface area contributed by atoms with Gasteiger partial charge in [-0.3, -0.25) is 9.59 Å². The van der Waals surface area contributed by atoms with E-state index in [-0.39, 0.29) is 25.2 Å². The van der Waals surface area contributed by atoms with E-state index in [0.29, 0.717) is 12.8 Å². The molecule has 1 unspecified atom stereocenters. The summed E-state index contributed by atoms with van der Waals surface area (Å²) in [6, 6.07) is 0. The van der Waals surface area contributed by atoms with Crippen LogP contribution in [-0.2, 0) is 19.1 Å². The van der Waals surface area contributed by atoms with Crippen LogP contribution < -0.4 is 0 Å². The lowest BCUT2D eigenvalue weighted by molar-refractivity contribution is -0.161. The predicted octanol–water partition coefficient (Wildman–Crippen LogP) is 12.6. The van der Waals surface area contributed by atoms with E-state index in [2.05, 4.69) is 62.5 Å². The Morgan fingerprint density at radius 3 is 1.40 bits per heavy atom. The van der Waals surface area contributed by atoms with E-state index in [0.717, 1.165) is 64.2 Å². The van der Waals surface area contributed by atoms with Crippen LogP contribution in [0.4, 0.5) is 0 Å². The van der Waals surface area contributed by atoms with Crippen molar-refractivity contribution < 1.29 is 24.2 Å². The fourth-order valence-corrected chi connectivity index (χ4v) is 5.61. The van der Waals surface area contributed by atoms with Gasteiger partial charge in [-0.2, -0.15) is 0 Å². The van der Waals surface area contributed by atoms with Gasteiger partial charge in [0.15, 0.2) is 6.10 Å². The van der Waals surface area contributed by atoms with Gasteiger partial charge in [-0.15, -0.1) is 0 Å². The van der Waals surface area contributed by atoms with E-state index < -0.39 is 6.10 Å². The number of aliphatic hydroxyl groups excluding tert-OH is 1. The standard InChI is InChI=1S/C43H76O5/c1-3-5-7-9-11-13-15-17-18-19-20-21-22-23-24-26-28-30-32-34-36-38-43(46)48-41(39-44)40-47-42(45)37-35-33-31-29-27-25-16-14-12-10-8-6-4-2/h6,8,10,12,14,16,21-22,41,44H,3-5,7,9,11,13,15,17-20,23-40H2,1-2H3/b8-6+,12-10+,16-14+,22-21+. The van der Waals surface area contributed by atoms with Crippen molar-refractivity contribution in [2.45, 2.75) is 200 Å². The molecule has 0 fully saturated rings. The second-order valence-electron chi connectivity index (χ2n) is 13.4. The molecular weight excluding hydrogens is 596 g/mol.